The number of likely N-dealkylation sites (tertiary alicyclic amines) is 1. The minimum atomic E-state index is -0.731. The molecule has 1 saturated heterocycles. The number of carbonyl (C=O) groups is 2. The number of benzene rings is 1. The summed E-state index contributed by atoms with van der Waals surface area (Å²) in [6, 6.07) is 10.6. The number of nitrogens with one attached hydrogen (secondary N) is 1. The standard InChI is InChI=1S/C17H16N2O4/c20-15-12-4-1-2-5-13(12)23-17(18-15)7-9-19(10-8-17)16(21)14-6-3-11-22-14/h1-6,11H,7-10H2,(H,18,20). The fraction of sp³-hybridized carbons (Fsp3) is 0.294. The molecule has 1 fully saturated rings. The van der Waals surface area contributed by atoms with Gasteiger partial charge in [-0.1, -0.05) is 12.1 Å². The van der Waals surface area contributed by atoms with E-state index in [2.05, 4.69) is 5.32 Å². The molecule has 0 saturated carbocycles. The number of hydrogen-bond donors (Lipinski definition) is 1. The van der Waals surface area contributed by atoms with E-state index in [-0.39, 0.29) is 11.8 Å². The van der Waals surface area contributed by atoms with Crippen LogP contribution in [0.4, 0.5) is 0 Å². The van der Waals surface area contributed by atoms with Gasteiger partial charge in [-0.2, -0.15) is 0 Å². The molecule has 2 aromatic rings. The van der Waals surface area contributed by atoms with E-state index < -0.39 is 5.72 Å². The SMILES string of the molecule is O=C1NC2(CCN(C(=O)c3ccco3)CC2)Oc2ccccc21. The van der Waals surface area contributed by atoms with Gasteiger partial charge in [0.2, 0.25) is 0 Å². The van der Waals surface area contributed by atoms with Crippen molar-refractivity contribution in [3.8, 4) is 5.75 Å². The first kappa shape index (κ1) is 13.9. The monoisotopic (exact) mass is 312 g/mol. The molecule has 3 heterocycles. The van der Waals surface area contributed by atoms with Gasteiger partial charge in [-0.25, -0.2) is 0 Å². The Labute approximate surface area is 133 Å². The molecule has 1 aromatic carbocycles. The van der Waals surface area contributed by atoms with Gasteiger partial charge in [0.1, 0.15) is 5.75 Å². The molecule has 0 aliphatic carbocycles. The number of piperidine rings is 1. The quantitative estimate of drug-likeness (QED) is 0.874. The predicted octanol–water partition coefficient (Wildman–Crippen LogP) is 2.03. The molecule has 1 spiro atoms. The van der Waals surface area contributed by atoms with Crippen LogP contribution in [0.5, 0.6) is 5.75 Å². The van der Waals surface area contributed by atoms with Crippen LogP contribution in [-0.2, 0) is 0 Å². The van der Waals surface area contributed by atoms with Crippen LogP contribution in [0.2, 0.25) is 0 Å². The fourth-order valence-electron chi connectivity index (χ4n) is 3.11. The normalized spacial score (nSPS) is 19.0. The molecule has 1 N–H and O–H groups in total. The molecule has 4 rings (SSSR count). The van der Waals surface area contributed by atoms with Gasteiger partial charge in [-0.15, -0.1) is 0 Å². The lowest BCUT2D eigenvalue weighted by atomic mass is 9.96. The van der Waals surface area contributed by atoms with Crippen LogP contribution < -0.4 is 10.1 Å². The maximum atomic E-state index is 12.3. The average molecular weight is 312 g/mol. The number of rotatable bonds is 1. The predicted molar refractivity (Wildman–Crippen MR) is 81.1 cm³/mol. The van der Waals surface area contributed by atoms with E-state index in [0.717, 1.165) is 0 Å². The molecule has 2 aliphatic heterocycles. The number of fused-ring (bicyclic) bond motifs is 1. The number of para-hydroxylation sites is 1. The molecule has 6 heteroatoms. The van der Waals surface area contributed by atoms with Crippen LogP contribution in [0.15, 0.2) is 47.1 Å². The molecular weight excluding hydrogens is 296 g/mol. The van der Waals surface area contributed by atoms with Gasteiger partial charge >= 0.3 is 0 Å². The lowest BCUT2D eigenvalue weighted by Crippen LogP contribution is -2.61. The molecule has 0 atom stereocenters. The fourth-order valence-corrected chi connectivity index (χ4v) is 3.11. The van der Waals surface area contributed by atoms with Crippen LogP contribution in [-0.4, -0.2) is 35.5 Å². The molecule has 23 heavy (non-hydrogen) atoms. The van der Waals surface area contributed by atoms with Crippen molar-refractivity contribution in [2.45, 2.75) is 18.6 Å². The zero-order valence-electron chi connectivity index (χ0n) is 12.5. The Morgan fingerprint density at radius 2 is 1.91 bits per heavy atom. The van der Waals surface area contributed by atoms with Gasteiger partial charge in [0.15, 0.2) is 11.5 Å². The van der Waals surface area contributed by atoms with Crippen LogP contribution in [0.3, 0.4) is 0 Å². The summed E-state index contributed by atoms with van der Waals surface area (Å²) in [5.41, 5.74) is -0.182. The summed E-state index contributed by atoms with van der Waals surface area (Å²) in [6.45, 7) is 1.00. The second-order valence-electron chi connectivity index (χ2n) is 5.82. The zero-order valence-corrected chi connectivity index (χ0v) is 12.5. The number of ether oxygens (including phenoxy) is 1. The highest BCUT2D eigenvalue weighted by molar-refractivity contribution is 5.98. The highest BCUT2D eigenvalue weighted by Gasteiger charge is 2.43. The molecule has 6 nitrogen and oxygen atoms in total. The Kier molecular flexibility index (Phi) is 3.11. The summed E-state index contributed by atoms with van der Waals surface area (Å²) in [5, 5.41) is 2.96. The third-order valence-electron chi connectivity index (χ3n) is 4.37. The molecule has 0 unspecified atom stereocenters. The molecule has 118 valence electrons. The van der Waals surface area contributed by atoms with Crippen molar-refractivity contribution in [3.63, 3.8) is 0 Å². The van der Waals surface area contributed by atoms with Crippen molar-refractivity contribution < 1.29 is 18.7 Å². The third-order valence-corrected chi connectivity index (χ3v) is 4.37. The van der Waals surface area contributed by atoms with E-state index in [1.165, 1.54) is 6.26 Å². The van der Waals surface area contributed by atoms with Crippen molar-refractivity contribution in [2.24, 2.45) is 0 Å². The lowest BCUT2D eigenvalue weighted by Gasteiger charge is -2.44. The van der Waals surface area contributed by atoms with E-state index in [9.17, 15) is 9.59 Å². The molecule has 2 aliphatic rings. The van der Waals surface area contributed by atoms with Gasteiger partial charge in [-0.05, 0) is 24.3 Å². The Hall–Kier alpha value is -2.76. The van der Waals surface area contributed by atoms with Gasteiger partial charge < -0.3 is 19.4 Å². The second kappa shape index (κ2) is 5.15. The van der Waals surface area contributed by atoms with E-state index in [1.54, 1.807) is 29.2 Å². The molecule has 2 amide bonds. The minimum absolute atomic E-state index is 0.127. The first-order valence-corrected chi connectivity index (χ1v) is 7.60. The zero-order chi connectivity index (χ0) is 15.9. The first-order valence-electron chi connectivity index (χ1n) is 7.60. The smallest absolute Gasteiger partial charge is 0.289 e. The highest BCUT2D eigenvalue weighted by Crippen LogP contribution is 2.33. The van der Waals surface area contributed by atoms with Gasteiger partial charge in [0.05, 0.1) is 11.8 Å². The Morgan fingerprint density at radius 1 is 1.13 bits per heavy atom. The summed E-state index contributed by atoms with van der Waals surface area (Å²) in [6.07, 6.45) is 2.57. The third kappa shape index (κ3) is 2.36. The molecule has 0 radical (unpaired) electrons. The van der Waals surface area contributed by atoms with Crippen LogP contribution in [0.1, 0.15) is 33.8 Å². The maximum Gasteiger partial charge on any atom is 0.289 e. The van der Waals surface area contributed by atoms with E-state index in [4.69, 9.17) is 9.15 Å². The van der Waals surface area contributed by atoms with Crippen molar-refractivity contribution in [3.05, 3.63) is 54.0 Å². The lowest BCUT2D eigenvalue weighted by molar-refractivity contribution is -0.0250. The number of furan rings is 1. The number of nitrogens with zero attached hydrogens (tertiary/aromatic N) is 1. The van der Waals surface area contributed by atoms with Gasteiger partial charge in [0.25, 0.3) is 11.8 Å². The molecule has 1 aromatic heterocycles. The molecule has 0 bridgehead atoms. The second-order valence-corrected chi connectivity index (χ2v) is 5.82. The first-order chi connectivity index (χ1) is 11.2. The Bertz CT molecular complexity index is 746. The largest absolute Gasteiger partial charge is 0.467 e. The summed E-state index contributed by atoms with van der Waals surface area (Å²) < 4.78 is 11.2. The van der Waals surface area contributed by atoms with Crippen LogP contribution in [0, 0.1) is 0 Å². The molecular formula is C17H16N2O4. The van der Waals surface area contributed by atoms with Crippen LogP contribution in [0.25, 0.3) is 0 Å². The summed E-state index contributed by atoms with van der Waals surface area (Å²) in [4.78, 5) is 26.3. The summed E-state index contributed by atoms with van der Waals surface area (Å²) >= 11 is 0. The Morgan fingerprint density at radius 3 is 2.65 bits per heavy atom. The maximum absolute atomic E-state index is 12.3. The number of amides is 2. The Balaban J connectivity index is 1.50. The van der Waals surface area contributed by atoms with Crippen molar-refractivity contribution in [1.29, 1.82) is 0 Å². The van der Waals surface area contributed by atoms with E-state index in [0.29, 0.717) is 43.0 Å². The van der Waals surface area contributed by atoms with Crippen LogP contribution >= 0.6 is 0 Å². The number of carbonyl (C=O) groups excluding carboxylic acids is 2. The number of hydrogen-bond acceptors (Lipinski definition) is 4. The minimum Gasteiger partial charge on any atom is -0.467 e. The highest BCUT2D eigenvalue weighted by atomic mass is 16.5. The van der Waals surface area contributed by atoms with Crippen molar-refractivity contribution in [2.75, 3.05) is 13.1 Å². The van der Waals surface area contributed by atoms with Crippen molar-refractivity contribution >= 4 is 11.8 Å². The average Bonchev–Trinajstić information content (AvgIpc) is 3.09. The van der Waals surface area contributed by atoms with Gasteiger partial charge in [0, 0.05) is 25.9 Å². The van der Waals surface area contributed by atoms with Crippen molar-refractivity contribution in [1.82, 2.24) is 10.2 Å². The summed E-state index contributed by atoms with van der Waals surface area (Å²) in [5.74, 6) is 0.673. The van der Waals surface area contributed by atoms with E-state index in [1.807, 2.05) is 12.1 Å². The van der Waals surface area contributed by atoms with Gasteiger partial charge in [-0.3, -0.25) is 9.59 Å². The topological polar surface area (TPSA) is 71.8 Å². The van der Waals surface area contributed by atoms with E-state index >= 15 is 0 Å². The summed E-state index contributed by atoms with van der Waals surface area (Å²) in [7, 11) is 0.